The molecule has 0 saturated carbocycles. The van der Waals surface area contributed by atoms with Crippen LogP contribution in [-0.4, -0.2) is 0 Å². The van der Waals surface area contributed by atoms with E-state index in [0.717, 1.165) is 6.42 Å². The van der Waals surface area contributed by atoms with Crippen LogP contribution in [0.4, 0.5) is 0 Å². The summed E-state index contributed by atoms with van der Waals surface area (Å²) in [6.45, 7) is 4.35. The van der Waals surface area contributed by atoms with Gasteiger partial charge in [0, 0.05) is 0 Å². The maximum Gasteiger partial charge on any atom is -0.0279 e. The van der Waals surface area contributed by atoms with Gasteiger partial charge in [0.1, 0.15) is 0 Å². The van der Waals surface area contributed by atoms with E-state index in [4.69, 9.17) is 0 Å². The van der Waals surface area contributed by atoms with Gasteiger partial charge in [0.2, 0.25) is 0 Å². The zero-order valence-electron chi connectivity index (χ0n) is 7.06. The van der Waals surface area contributed by atoms with Gasteiger partial charge in [-0.25, -0.2) is 0 Å². The van der Waals surface area contributed by atoms with Crippen molar-refractivity contribution in [2.75, 3.05) is 0 Å². The van der Waals surface area contributed by atoms with E-state index in [9.17, 15) is 0 Å². The summed E-state index contributed by atoms with van der Waals surface area (Å²) in [6, 6.07) is 0. The fourth-order valence-electron chi connectivity index (χ4n) is 0.627. The Hall–Kier alpha value is -0.520. The first-order valence-electron chi connectivity index (χ1n) is 4.13. The van der Waals surface area contributed by atoms with E-state index >= 15 is 0 Å². The molecule has 0 fully saturated rings. The van der Waals surface area contributed by atoms with Crippen LogP contribution in [0, 0.1) is 6.08 Å². The summed E-state index contributed by atoms with van der Waals surface area (Å²) in [5, 5.41) is 0. The Morgan fingerprint density at radius 2 is 2.00 bits per heavy atom. The van der Waals surface area contributed by atoms with Crippen molar-refractivity contribution in [3.8, 4) is 0 Å². The first-order valence-corrected chi connectivity index (χ1v) is 4.13. The number of hydrogen-bond acceptors (Lipinski definition) is 0. The lowest BCUT2D eigenvalue weighted by molar-refractivity contribution is 0.938. The molecule has 0 aromatic heterocycles. The average Bonchev–Trinajstić information content (AvgIpc) is 1.97. The largest absolute Gasteiger partial charge is 0.0845 e. The lowest BCUT2D eigenvalue weighted by Gasteiger charge is -1.81. The molecule has 0 heterocycles. The monoisotopic (exact) mass is 137 g/mol. The van der Waals surface area contributed by atoms with Gasteiger partial charge in [0.25, 0.3) is 0 Å². The van der Waals surface area contributed by atoms with E-state index in [1.807, 2.05) is 6.08 Å². The van der Waals surface area contributed by atoms with E-state index in [0.29, 0.717) is 0 Å². The van der Waals surface area contributed by atoms with Crippen LogP contribution in [0.25, 0.3) is 0 Å². The Labute approximate surface area is 64.6 Å². The first kappa shape index (κ1) is 9.48. The van der Waals surface area contributed by atoms with Gasteiger partial charge >= 0.3 is 0 Å². The molecule has 57 valence electrons. The fraction of sp³-hybridized carbons (Fsp3) is 0.600. The number of allylic oxidation sites excluding steroid dienone is 4. The zero-order chi connectivity index (χ0) is 7.66. The number of rotatable bonds is 5. The molecule has 0 aromatic rings. The second-order valence-electron chi connectivity index (χ2n) is 2.34. The molecular weight excluding hydrogens is 120 g/mol. The highest BCUT2D eigenvalue weighted by atomic mass is 13.8. The van der Waals surface area contributed by atoms with Crippen molar-refractivity contribution in [2.24, 2.45) is 0 Å². The van der Waals surface area contributed by atoms with Crippen molar-refractivity contribution < 1.29 is 0 Å². The van der Waals surface area contributed by atoms with Crippen LogP contribution in [0.2, 0.25) is 0 Å². The molecule has 1 radical (unpaired) electrons. The molecule has 0 saturated heterocycles. The van der Waals surface area contributed by atoms with Crippen molar-refractivity contribution in [3.63, 3.8) is 0 Å². The number of unbranched alkanes of at least 4 members (excludes halogenated alkanes) is 2. The molecule has 0 nitrogen and oxygen atoms in total. The van der Waals surface area contributed by atoms with Gasteiger partial charge in [-0.1, -0.05) is 44.9 Å². The van der Waals surface area contributed by atoms with Crippen LogP contribution in [0.15, 0.2) is 18.2 Å². The molecular formula is C10H17. The second-order valence-corrected chi connectivity index (χ2v) is 2.34. The fourth-order valence-corrected chi connectivity index (χ4v) is 0.627. The van der Waals surface area contributed by atoms with E-state index in [1.165, 1.54) is 19.3 Å². The van der Waals surface area contributed by atoms with E-state index in [2.05, 4.69) is 32.1 Å². The molecule has 0 spiro atoms. The third-order valence-corrected chi connectivity index (χ3v) is 1.20. The summed E-state index contributed by atoms with van der Waals surface area (Å²) in [7, 11) is 0. The van der Waals surface area contributed by atoms with Gasteiger partial charge in [-0.2, -0.15) is 0 Å². The molecule has 0 aliphatic rings. The molecule has 0 atom stereocenters. The molecule has 10 heavy (non-hydrogen) atoms. The second kappa shape index (κ2) is 8.48. The van der Waals surface area contributed by atoms with Crippen LogP contribution < -0.4 is 0 Å². The maximum atomic E-state index is 3.18. The smallest absolute Gasteiger partial charge is 0.0279 e. The molecule has 0 rings (SSSR count). The predicted octanol–water partition coefficient (Wildman–Crippen LogP) is 3.50. The van der Waals surface area contributed by atoms with Crippen LogP contribution >= 0.6 is 0 Å². The summed E-state index contributed by atoms with van der Waals surface area (Å²) < 4.78 is 0. The van der Waals surface area contributed by atoms with Crippen LogP contribution in [0.3, 0.4) is 0 Å². The summed E-state index contributed by atoms with van der Waals surface area (Å²) >= 11 is 0. The highest BCUT2D eigenvalue weighted by Gasteiger charge is 1.71. The number of hydrogen-bond donors (Lipinski definition) is 0. The van der Waals surface area contributed by atoms with Crippen LogP contribution in [-0.2, 0) is 0 Å². The lowest BCUT2D eigenvalue weighted by atomic mass is 10.3. The van der Waals surface area contributed by atoms with Crippen molar-refractivity contribution in [1.82, 2.24) is 0 Å². The van der Waals surface area contributed by atoms with Crippen molar-refractivity contribution in [3.05, 3.63) is 24.3 Å². The van der Waals surface area contributed by atoms with E-state index in [-0.39, 0.29) is 0 Å². The Balaban J connectivity index is 3.15. The normalized spacial score (nSPS) is 11.8. The third kappa shape index (κ3) is 7.48. The third-order valence-electron chi connectivity index (χ3n) is 1.20. The molecule has 0 aromatic carbocycles. The quantitative estimate of drug-likeness (QED) is 0.509. The Kier molecular flexibility index (Phi) is 8.04. The topological polar surface area (TPSA) is 0 Å². The van der Waals surface area contributed by atoms with E-state index in [1.54, 1.807) is 0 Å². The van der Waals surface area contributed by atoms with Crippen LogP contribution in [0.1, 0.15) is 39.5 Å². The van der Waals surface area contributed by atoms with Crippen molar-refractivity contribution in [1.29, 1.82) is 0 Å². The maximum absolute atomic E-state index is 3.18. The van der Waals surface area contributed by atoms with Gasteiger partial charge in [0.05, 0.1) is 0 Å². The standard InChI is InChI=1S/C10H17/c1-3-5-7-9-10-8-6-4-2/h7,9-10H,3-6H2,1-2H3. The predicted molar refractivity (Wildman–Crippen MR) is 46.8 cm³/mol. The minimum Gasteiger partial charge on any atom is -0.0845 e. The summed E-state index contributed by atoms with van der Waals surface area (Å²) in [4.78, 5) is 0. The summed E-state index contributed by atoms with van der Waals surface area (Å²) in [6.07, 6.45) is 14.2. The minimum absolute atomic E-state index is 1.08. The van der Waals surface area contributed by atoms with Crippen molar-refractivity contribution >= 4 is 0 Å². The lowest BCUT2D eigenvalue weighted by Crippen LogP contribution is -1.62. The minimum atomic E-state index is 1.08. The highest BCUT2D eigenvalue weighted by molar-refractivity contribution is 4.98. The Morgan fingerprint density at radius 3 is 2.60 bits per heavy atom. The van der Waals surface area contributed by atoms with Gasteiger partial charge in [-0.05, 0) is 18.9 Å². The molecule has 0 aliphatic heterocycles. The summed E-state index contributed by atoms with van der Waals surface area (Å²) in [5.74, 6) is 0. The van der Waals surface area contributed by atoms with Gasteiger partial charge in [0.15, 0.2) is 0 Å². The SMILES string of the molecule is CCC/[C]=C/C=CCCC. The molecule has 0 aliphatic carbocycles. The van der Waals surface area contributed by atoms with Crippen molar-refractivity contribution in [2.45, 2.75) is 39.5 Å². The van der Waals surface area contributed by atoms with E-state index < -0.39 is 0 Å². The first-order chi connectivity index (χ1) is 4.91. The Morgan fingerprint density at radius 1 is 1.20 bits per heavy atom. The van der Waals surface area contributed by atoms with Crippen LogP contribution in [0.5, 0.6) is 0 Å². The molecule has 0 unspecified atom stereocenters. The molecule has 0 amide bonds. The molecule has 0 bridgehead atoms. The zero-order valence-corrected chi connectivity index (χ0v) is 7.06. The van der Waals surface area contributed by atoms with Gasteiger partial charge < -0.3 is 0 Å². The average molecular weight is 137 g/mol. The van der Waals surface area contributed by atoms with Gasteiger partial charge in [-0.15, -0.1) is 0 Å². The highest BCUT2D eigenvalue weighted by Crippen LogP contribution is 1.90. The van der Waals surface area contributed by atoms with Gasteiger partial charge in [-0.3, -0.25) is 0 Å². The summed E-state index contributed by atoms with van der Waals surface area (Å²) in [5.41, 5.74) is 0. The molecule has 0 N–H and O–H groups in total. The molecule has 0 heteroatoms. The Bertz CT molecular complexity index is 84.6.